The number of nitro groups is 1. The van der Waals surface area contributed by atoms with Crippen LogP contribution in [0.4, 0.5) is 5.69 Å². The Morgan fingerprint density at radius 3 is 2.53 bits per heavy atom. The van der Waals surface area contributed by atoms with Crippen molar-refractivity contribution >= 4 is 38.9 Å². The average Bonchev–Trinajstić information content (AvgIpc) is 3.17. The third kappa shape index (κ3) is 6.85. The van der Waals surface area contributed by atoms with Crippen LogP contribution in [-0.2, 0) is 49.8 Å². The predicted molar refractivity (Wildman–Crippen MR) is 126 cm³/mol. The molecule has 0 aliphatic carbocycles. The van der Waals surface area contributed by atoms with Gasteiger partial charge in [0.15, 0.2) is 9.84 Å². The SMILES string of the molecule is COCCOCOC1([C@@H]2C(=O)N[C@@H]2CC(=O)C(=[N+]=[N-])C(=O)OCc2ccc([N+](=O)[O-])cc2)CCS(=O)(=O)C1. The number of carbonyl (C=O) groups is 3. The van der Waals surface area contributed by atoms with Gasteiger partial charge in [-0.3, -0.25) is 19.7 Å². The molecule has 3 atom stereocenters. The van der Waals surface area contributed by atoms with Crippen molar-refractivity contribution in [2.24, 2.45) is 5.92 Å². The molecule has 2 heterocycles. The maximum Gasteiger partial charge on any atom is 0.441 e. The molecule has 1 unspecified atom stereocenters. The van der Waals surface area contributed by atoms with Gasteiger partial charge in [0.05, 0.1) is 47.2 Å². The molecule has 0 aromatic heterocycles. The van der Waals surface area contributed by atoms with Gasteiger partial charge in [-0.05, 0) is 24.1 Å². The maximum atomic E-state index is 12.8. The van der Waals surface area contributed by atoms with Crippen LogP contribution in [0.15, 0.2) is 24.3 Å². The Balaban J connectivity index is 1.64. The minimum atomic E-state index is -3.52. The van der Waals surface area contributed by atoms with Crippen LogP contribution < -0.4 is 5.32 Å². The van der Waals surface area contributed by atoms with E-state index in [0.29, 0.717) is 5.56 Å². The van der Waals surface area contributed by atoms with Crippen molar-refractivity contribution in [3.8, 4) is 0 Å². The van der Waals surface area contributed by atoms with Crippen molar-refractivity contribution in [2.75, 3.05) is 38.6 Å². The van der Waals surface area contributed by atoms with E-state index in [1.807, 2.05) is 0 Å². The molecule has 3 rings (SSSR count). The van der Waals surface area contributed by atoms with Crippen molar-refractivity contribution in [3.05, 3.63) is 45.5 Å². The number of nitrogens with one attached hydrogen (secondary N) is 1. The molecule has 2 saturated heterocycles. The average molecular weight is 555 g/mol. The lowest BCUT2D eigenvalue weighted by atomic mass is 9.73. The Bertz CT molecular complexity index is 1240. The highest BCUT2D eigenvalue weighted by Crippen LogP contribution is 2.41. The molecular formula is C22H26N4O11S. The van der Waals surface area contributed by atoms with Gasteiger partial charge in [0.25, 0.3) is 11.5 Å². The summed E-state index contributed by atoms with van der Waals surface area (Å²) in [4.78, 5) is 50.5. The second kappa shape index (κ2) is 12.3. The molecule has 1 amide bonds. The number of sulfone groups is 1. The van der Waals surface area contributed by atoms with Crippen molar-refractivity contribution in [1.82, 2.24) is 5.32 Å². The van der Waals surface area contributed by atoms with Crippen molar-refractivity contribution < 1.29 is 51.5 Å². The Hall–Kier alpha value is -3.56. The minimum Gasteiger partial charge on any atom is -0.452 e. The summed E-state index contributed by atoms with van der Waals surface area (Å²) in [6, 6.07) is 4.22. The Morgan fingerprint density at radius 2 is 1.97 bits per heavy atom. The molecule has 2 aliphatic heterocycles. The van der Waals surface area contributed by atoms with Gasteiger partial charge in [0.1, 0.15) is 13.4 Å². The molecule has 1 aromatic carbocycles. The second-order valence-electron chi connectivity index (χ2n) is 8.74. The van der Waals surface area contributed by atoms with E-state index >= 15 is 0 Å². The van der Waals surface area contributed by atoms with Crippen LogP contribution in [0.5, 0.6) is 0 Å². The van der Waals surface area contributed by atoms with E-state index in [1.165, 1.54) is 31.4 Å². The molecule has 2 aliphatic rings. The lowest BCUT2D eigenvalue weighted by molar-refractivity contribution is -0.384. The number of ketones is 1. The number of ether oxygens (including phenoxy) is 4. The molecule has 1 N–H and O–H groups in total. The summed E-state index contributed by atoms with van der Waals surface area (Å²) < 4.78 is 45.4. The van der Waals surface area contributed by atoms with Crippen molar-refractivity contribution in [2.45, 2.75) is 31.1 Å². The molecule has 2 fully saturated rings. The zero-order chi connectivity index (χ0) is 27.9. The highest BCUT2D eigenvalue weighted by Gasteiger charge is 2.59. The number of β-lactam (4-membered cyclic amide) rings is 1. The van der Waals surface area contributed by atoms with Crippen molar-refractivity contribution in [3.63, 3.8) is 0 Å². The van der Waals surface area contributed by atoms with Crippen LogP contribution in [0, 0.1) is 16.0 Å². The fourth-order valence-electron chi connectivity index (χ4n) is 4.31. The van der Waals surface area contributed by atoms with E-state index in [1.54, 1.807) is 0 Å². The number of esters is 1. The minimum absolute atomic E-state index is 0.00394. The molecule has 1 aromatic rings. The fraction of sp³-hybridized carbons (Fsp3) is 0.545. The van der Waals surface area contributed by atoms with Crippen LogP contribution in [0.25, 0.3) is 5.53 Å². The zero-order valence-electron chi connectivity index (χ0n) is 20.4. The summed E-state index contributed by atoms with van der Waals surface area (Å²) in [6.07, 6.45) is -0.484. The van der Waals surface area contributed by atoms with Crippen LogP contribution in [0.3, 0.4) is 0 Å². The van der Waals surface area contributed by atoms with Gasteiger partial charge in [-0.2, -0.15) is 4.79 Å². The number of hydrogen-bond acceptors (Lipinski definition) is 11. The summed E-state index contributed by atoms with van der Waals surface area (Å²) in [5, 5.41) is 13.2. The molecule has 16 heteroatoms. The predicted octanol–water partition coefficient (Wildman–Crippen LogP) is -0.423. The number of nitrogens with zero attached hydrogens (tertiary/aromatic N) is 3. The number of nitro benzene ring substituents is 1. The van der Waals surface area contributed by atoms with Gasteiger partial charge in [0.2, 0.25) is 5.91 Å². The van der Waals surface area contributed by atoms with E-state index < -0.39 is 67.9 Å². The topological polar surface area (TPSA) is 214 Å². The number of carbonyl (C=O) groups excluding carboxylic acids is 3. The molecule has 15 nitrogen and oxygen atoms in total. The molecular weight excluding hydrogens is 528 g/mol. The molecule has 0 radical (unpaired) electrons. The highest BCUT2D eigenvalue weighted by atomic mass is 32.2. The van der Waals surface area contributed by atoms with Crippen LogP contribution >= 0.6 is 0 Å². The summed E-state index contributed by atoms with van der Waals surface area (Å²) >= 11 is 0. The molecule has 0 bridgehead atoms. The normalized spacial score (nSPS) is 23.6. The van der Waals surface area contributed by atoms with Crippen LogP contribution in [-0.4, -0.2) is 91.8 Å². The van der Waals surface area contributed by atoms with Crippen LogP contribution in [0.2, 0.25) is 0 Å². The van der Waals surface area contributed by atoms with Gasteiger partial charge in [-0.15, -0.1) is 0 Å². The summed E-state index contributed by atoms with van der Waals surface area (Å²) in [5.74, 6) is -4.43. The van der Waals surface area contributed by atoms with E-state index in [4.69, 9.17) is 18.9 Å². The van der Waals surface area contributed by atoms with Gasteiger partial charge in [-0.1, -0.05) is 0 Å². The lowest BCUT2D eigenvalue weighted by Gasteiger charge is -2.46. The standard InChI is InChI=1S/C22H26N4O11S/c1-34-7-8-35-13-37-22(6-9-38(32,33)12-22)18-16(24-20(18)28)10-17(27)19(25-23)21(29)36-11-14-2-4-15(5-3-14)26(30)31/h2-5,16,18H,6-13H2,1H3,(H,24,28)/t16-,18+,22?/m1/s1. The summed E-state index contributed by atoms with van der Waals surface area (Å²) in [7, 11) is -2.04. The number of Topliss-reactive ketones (excluding diaryl/α,β-unsaturated/α-hetero) is 1. The number of hydrogen-bond donors (Lipinski definition) is 1. The first-order chi connectivity index (χ1) is 18.0. The number of rotatable bonds is 14. The Morgan fingerprint density at radius 1 is 1.26 bits per heavy atom. The van der Waals surface area contributed by atoms with Gasteiger partial charge in [0, 0.05) is 25.7 Å². The number of methoxy groups -OCH3 is 1. The third-order valence-electron chi connectivity index (χ3n) is 6.22. The van der Waals surface area contributed by atoms with E-state index in [9.17, 15) is 38.4 Å². The first-order valence-electron chi connectivity index (χ1n) is 11.4. The van der Waals surface area contributed by atoms with Gasteiger partial charge < -0.3 is 29.8 Å². The molecule has 206 valence electrons. The lowest BCUT2D eigenvalue weighted by Crippen LogP contribution is -2.68. The first-order valence-corrected chi connectivity index (χ1v) is 13.2. The fourth-order valence-corrected chi connectivity index (χ4v) is 6.26. The molecule has 0 saturated carbocycles. The Labute approximate surface area is 217 Å². The number of amides is 1. The van der Waals surface area contributed by atoms with E-state index in [0.717, 1.165) is 0 Å². The molecule has 0 spiro atoms. The quantitative estimate of drug-likeness (QED) is 0.0298. The Kier molecular flexibility index (Phi) is 9.40. The molecule has 38 heavy (non-hydrogen) atoms. The van der Waals surface area contributed by atoms with Crippen LogP contribution in [0.1, 0.15) is 18.4 Å². The first kappa shape index (κ1) is 29.0. The summed E-state index contributed by atoms with van der Waals surface area (Å²) in [6.45, 7) is -0.207. The van der Waals surface area contributed by atoms with E-state index in [-0.39, 0.29) is 44.5 Å². The number of non-ortho nitro benzene ring substituents is 1. The second-order valence-corrected chi connectivity index (χ2v) is 10.9. The van der Waals surface area contributed by atoms with Gasteiger partial charge in [-0.25, -0.2) is 13.2 Å². The largest absolute Gasteiger partial charge is 0.452 e. The smallest absolute Gasteiger partial charge is 0.441 e. The maximum absolute atomic E-state index is 12.8. The summed E-state index contributed by atoms with van der Waals surface area (Å²) in [5.41, 5.74) is 7.13. The highest BCUT2D eigenvalue weighted by molar-refractivity contribution is 7.91. The third-order valence-corrected chi connectivity index (χ3v) is 7.98. The monoisotopic (exact) mass is 554 g/mol. The number of benzene rings is 1. The van der Waals surface area contributed by atoms with Crippen molar-refractivity contribution in [1.29, 1.82) is 0 Å². The van der Waals surface area contributed by atoms with E-state index in [2.05, 4.69) is 10.1 Å². The zero-order valence-corrected chi connectivity index (χ0v) is 21.2. The van der Waals surface area contributed by atoms with Gasteiger partial charge >= 0.3 is 11.7 Å².